The first kappa shape index (κ1) is 5.70. The molecule has 0 aliphatic heterocycles. The molecule has 0 saturated carbocycles. The van der Waals surface area contributed by atoms with Crippen molar-refractivity contribution >= 4 is 25.3 Å². The number of hydrogen-bond acceptors (Lipinski definition) is 1. The molecule has 0 heterocycles. The zero-order valence-electron chi connectivity index (χ0n) is 3.14. The van der Waals surface area contributed by atoms with Gasteiger partial charge in [-0.3, -0.25) is 0 Å². The highest BCUT2D eigenvalue weighted by Crippen LogP contribution is 1.91. The Morgan fingerprint density at radius 3 is 2.20 bits per heavy atom. The van der Waals surface area contributed by atoms with Crippen molar-refractivity contribution in [2.24, 2.45) is 0 Å². The van der Waals surface area contributed by atoms with Crippen LogP contribution in [0.1, 0.15) is 6.92 Å². The highest BCUT2D eigenvalue weighted by Gasteiger charge is 1.83. The zero-order chi connectivity index (χ0) is 4.28. The Balaban J connectivity index is 2.54. The fourth-order valence-electron chi connectivity index (χ4n) is 0. The van der Waals surface area contributed by atoms with Crippen LogP contribution in [0.3, 0.4) is 0 Å². The maximum atomic E-state index is 4.70. The summed E-state index contributed by atoms with van der Waals surface area (Å²) >= 11 is 8.61. The summed E-state index contributed by atoms with van der Waals surface area (Å²) in [5.74, 6) is 0.815. The maximum absolute atomic E-state index is 4.70. The number of rotatable bonds is 1. The third-order valence-corrected chi connectivity index (χ3v) is 1.22. The summed E-state index contributed by atoms with van der Waals surface area (Å²) in [5, 5.41) is 0.332. The van der Waals surface area contributed by atoms with Crippen molar-refractivity contribution in [1.82, 2.24) is 0 Å². The lowest BCUT2D eigenvalue weighted by Crippen LogP contribution is -1.88. The van der Waals surface area contributed by atoms with Crippen LogP contribution in [-0.4, -0.2) is 11.0 Å². The third kappa shape index (κ3) is 4.70. The van der Waals surface area contributed by atoms with Gasteiger partial charge in [0.25, 0.3) is 0 Å². The number of hydrogen-bond donors (Lipinski definition) is 1. The first-order valence-corrected chi connectivity index (χ1v) is 2.64. The standard InChI is InChI=1S/C3H7S2/c1-3(5)2-4/h3-4H,2H2,1H3. The minimum absolute atomic E-state index is 0.332. The van der Waals surface area contributed by atoms with Crippen molar-refractivity contribution < 1.29 is 0 Å². The van der Waals surface area contributed by atoms with E-state index in [1.165, 1.54) is 0 Å². The lowest BCUT2D eigenvalue weighted by molar-refractivity contribution is 1.15. The van der Waals surface area contributed by atoms with Crippen LogP contribution in [0.4, 0.5) is 0 Å². The van der Waals surface area contributed by atoms with E-state index in [4.69, 9.17) is 12.6 Å². The Morgan fingerprint density at radius 2 is 2.20 bits per heavy atom. The summed E-state index contributed by atoms with van der Waals surface area (Å²) < 4.78 is 0. The van der Waals surface area contributed by atoms with Crippen LogP contribution in [0, 0.1) is 0 Å². The molecule has 0 bridgehead atoms. The van der Waals surface area contributed by atoms with Crippen molar-refractivity contribution in [3.63, 3.8) is 0 Å². The van der Waals surface area contributed by atoms with E-state index in [1.54, 1.807) is 0 Å². The first-order valence-electron chi connectivity index (χ1n) is 1.54. The molecule has 0 aliphatic rings. The maximum Gasteiger partial charge on any atom is 0.0211 e. The average molecular weight is 107 g/mol. The van der Waals surface area contributed by atoms with Crippen LogP contribution >= 0.6 is 25.3 Å². The van der Waals surface area contributed by atoms with Gasteiger partial charge in [-0.2, -0.15) is 12.6 Å². The van der Waals surface area contributed by atoms with Gasteiger partial charge in [-0.15, -0.1) is 0 Å². The highest BCUT2D eigenvalue weighted by molar-refractivity contribution is 7.84. The second kappa shape index (κ2) is 2.91. The predicted molar refractivity (Wildman–Crippen MR) is 30.9 cm³/mol. The average Bonchev–Trinajstić information content (AvgIpc) is 1.38. The summed E-state index contributed by atoms with van der Waals surface area (Å²) in [6.07, 6.45) is 0. The molecular weight excluding hydrogens is 100 g/mol. The Hall–Kier alpha value is 0.700. The van der Waals surface area contributed by atoms with Crippen LogP contribution in [0.25, 0.3) is 0 Å². The molecule has 0 aliphatic carbocycles. The zero-order valence-corrected chi connectivity index (χ0v) is 4.85. The van der Waals surface area contributed by atoms with E-state index >= 15 is 0 Å². The molecule has 2 heteroatoms. The summed E-state index contributed by atoms with van der Waals surface area (Å²) in [5.41, 5.74) is 0. The fraction of sp³-hybridized carbons (Fsp3) is 1.00. The summed E-state index contributed by atoms with van der Waals surface area (Å²) in [7, 11) is 0. The molecule has 31 valence electrons. The van der Waals surface area contributed by atoms with Gasteiger partial charge in [-0.05, 0) is 0 Å². The van der Waals surface area contributed by atoms with Gasteiger partial charge in [-0.1, -0.05) is 19.6 Å². The summed E-state index contributed by atoms with van der Waals surface area (Å²) in [4.78, 5) is 0. The molecule has 0 nitrogen and oxygen atoms in total. The molecule has 1 radical (unpaired) electrons. The van der Waals surface area contributed by atoms with E-state index < -0.39 is 0 Å². The molecule has 0 spiro atoms. The van der Waals surface area contributed by atoms with E-state index in [-0.39, 0.29) is 0 Å². The summed E-state index contributed by atoms with van der Waals surface area (Å²) in [6.45, 7) is 1.96. The van der Waals surface area contributed by atoms with E-state index in [0.717, 1.165) is 5.75 Å². The van der Waals surface area contributed by atoms with Crippen LogP contribution in [0.5, 0.6) is 0 Å². The minimum atomic E-state index is 0.332. The molecule has 1 atom stereocenters. The van der Waals surface area contributed by atoms with Gasteiger partial charge in [0.15, 0.2) is 0 Å². The second-order valence-corrected chi connectivity index (χ2v) is 2.16. The largest absolute Gasteiger partial charge is 0.178 e. The molecule has 5 heavy (non-hydrogen) atoms. The highest BCUT2D eigenvalue weighted by atomic mass is 32.1. The third-order valence-electron chi connectivity index (χ3n) is 0.257. The number of thiol groups is 1. The fourth-order valence-corrected chi connectivity index (χ4v) is 0. The van der Waals surface area contributed by atoms with Gasteiger partial charge >= 0.3 is 0 Å². The van der Waals surface area contributed by atoms with Gasteiger partial charge in [0.1, 0.15) is 0 Å². The van der Waals surface area contributed by atoms with Gasteiger partial charge in [0, 0.05) is 11.0 Å². The van der Waals surface area contributed by atoms with Crippen molar-refractivity contribution in [2.45, 2.75) is 12.2 Å². The molecule has 0 N–H and O–H groups in total. The Morgan fingerprint density at radius 1 is 2.00 bits per heavy atom. The quantitative estimate of drug-likeness (QED) is 0.482. The Kier molecular flexibility index (Phi) is 3.32. The second-order valence-electron chi connectivity index (χ2n) is 0.993. The van der Waals surface area contributed by atoms with E-state index in [9.17, 15) is 0 Å². The lowest BCUT2D eigenvalue weighted by atomic mass is 10.6. The van der Waals surface area contributed by atoms with Crippen LogP contribution < -0.4 is 0 Å². The Bertz CT molecular complexity index is 18.9. The molecule has 0 saturated heterocycles. The van der Waals surface area contributed by atoms with Gasteiger partial charge < -0.3 is 0 Å². The van der Waals surface area contributed by atoms with Crippen molar-refractivity contribution in [2.75, 3.05) is 5.75 Å². The first-order chi connectivity index (χ1) is 2.27. The monoisotopic (exact) mass is 107 g/mol. The van der Waals surface area contributed by atoms with Crippen molar-refractivity contribution in [1.29, 1.82) is 0 Å². The molecule has 0 amide bonds. The molecule has 0 aromatic rings. The normalized spacial score (nSPS) is 15.0. The van der Waals surface area contributed by atoms with E-state index in [1.807, 2.05) is 6.92 Å². The summed E-state index contributed by atoms with van der Waals surface area (Å²) in [6, 6.07) is 0. The van der Waals surface area contributed by atoms with Crippen molar-refractivity contribution in [3.8, 4) is 0 Å². The van der Waals surface area contributed by atoms with Crippen LogP contribution in [-0.2, 0) is 0 Å². The topological polar surface area (TPSA) is 0 Å². The SMILES string of the molecule is CC([S])CS. The van der Waals surface area contributed by atoms with Crippen LogP contribution in [0.2, 0.25) is 0 Å². The lowest BCUT2D eigenvalue weighted by Gasteiger charge is -1.87. The smallest absolute Gasteiger partial charge is 0.0211 e. The Labute approximate surface area is 43.8 Å². The van der Waals surface area contributed by atoms with Gasteiger partial charge in [0.2, 0.25) is 0 Å². The molecule has 0 rings (SSSR count). The predicted octanol–water partition coefficient (Wildman–Crippen LogP) is 1.50. The molecule has 1 unspecified atom stereocenters. The van der Waals surface area contributed by atoms with Crippen LogP contribution in [0.15, 0.2) is 0 Å². The van der Waals surface area contributed by atoms with Gasteiger partial charge in [-0.25, -0.2) is 0 Å². The molecular formula is C3H7S2. The van der Waals surface area contributed by atoms with Crippen molar-refractivity contribution in [3.05, 3.63) is 0 Å². The van der Waals surface area contributed by atoms with E-state index in [0.29, 0.717) is 5.25 Å². The molecule has 0 fully saturated rings. The molecule has 0 aromatic heterocycles. The van der Waals surface area contributed by atoms with E-state index in [2.05, 4.69) is 12.6 Å². The van der Waals surface area contributed by atoms with Gasteiger partial charge in [0.05, 0.1) is 0 Å². The minimum Gasteiger partial charge on any atom is -0.178 e. The molecule has 0 aromatic carbocycles.